The van der Waals surface area contributed by atoms with E-state index in [9.17, 15) is 19.5 Å². The number of aliphatic carboxylic acids is 1. The molecule has 7 heteroatoms. The van der Waals surface area contributed by atoms with Crippen LogP contribution < -0.4 is 5.32 Å². The molecule has 34 heavy (non-hydrogen) atoms. The van der Waals surface area contributed by atoms with Gasteiger partial charge in [0.2, 0.25) is 5.91 Å². The number of carboxylic acids is 1. The van der Waals surface area contributed by atoms with Crippen molar-refractivity contribution >= 4 is 18.0 Å². The maximum atomic E-state index is 13.2. The second kappa shape index (κ2) is 8.15. The van der Waals surface area contributed by atoms with E-state index in [1.54, 1.807) is 4.90 Å². The number of carboxylic acid groups (broad SMARTS) is 1. The number of likely N-dealkylation sites (tertiary alicyclic amines) is 1. The van der Waals surface area contributed by atoms with Crippen molar-refractivity contribution in [2.75, 3.05) is 19.7 Å². The first-order valence-corrected chi connectivity index (χ1v) is 12.1. The molecule has 1 heterocycles. The van der Waals surface area contributed by atoms with E-state index in [1.807, 2.05) is 24.3 Å². The lowest BCUT2D eigenvalue weighted by molar-refractivity contribution is -0.141. The summed E-state index contributed by atoms with van der Waals surface area (Å²) in [4.78, 5) is 38.9. The minimum Gasteiger partial charge on any atom is -0.481 e. The number of benzene rings is 2. The Morgan fingerprint density at radius 3 is 2.12 bits per heavy atom. The third-order valence-corrected chi connectivity index (χ3v) is 7.99. The van der Waals surface area contributed by atoms with Crippen molar-refractivity contribution in [2.24, 2.45) is 23.7 Å². The standard InChI is InChI=1S/C27H28N2O5/c30-25(29-12-20-21(13-29)24(20)26(31)32)23(11-15-9-10-15)28-27(33)34-14-22-18-7-3-1-5-16(18)17-6-2-4-8-19(17)22/h1-8,15,20-24H,9-14H2,(H,28,33)(H,31,32)/t20?,21?,23-,24?/m0/s1. The summed E-state index contributed by atoms with van der Waals surface area (Å²) < 4.78 is 5.66. The van der Waals surface area contributed by atoms with Crippen molar-refractivity contribution < 1.29 is 24.2 Å². The second-order valence-corrected chi connectivity index (χ2v) is 10.1. The molecule has 3 fully saturated rings. The van der Waals surface area contributed by atoms with Crippen molar-refractivity contribution in [3.05, 3.63) is 59.7 Å². The monoisotopic (exact) mass is 460 g/mol. The average Bonchev–Trinajstić information content (AvgIpc) is 3.72. The third kappa shape index (κ3) is 3.73. The van der Waals surface area contributed by atoms with E-state index in [4.69, 9.17) is 4.74 Å². The molecular weight excluding hydrogens is 432 g/mol. The van der Waals surface area contributed by atoms with E-state index in [2.05, 4.69) is 29.6 Å². The first-order valence-electron chi connectivity index (χ1n) is 12.1. The van der Waals surface area contributed by atoms with Gasteiger partial charge >= 0.3 is 12.1 Å². The summed E-state index contributed by atoms with van der Waals surface area (Å²) in [6.07, 6.45) is 2.18. The maximum Gasteiger partial charge on any atom is 0.407 e. The Labute approximate surface area is 198 Å². The molecule has 6 rings (SSSR count). The summed E-state index contributed by atoms with van der Waals surface area (Å²) in [6, 6.07) is 15.7. The molecule has 3 aliphatic carbocycles. The number of amides is 2. The number of alkyl carbamates (subject to hydrolysis) is 1. The lowest BCUT2D eigenvalue weighted by Crippen LogP contribution is -2.49. The van der Waals surface area contributed by atoms with Crippen molar-refractivity contribution in [3.63, 3.8) is 0 Å². The number of carbonyl (C=O) groups excluding carboxylic acids is 2. The van der Waals surface area contributed by atoms with Crippen LogP contribution in [-0.4, -0.2) is 53.7 Å². The molecule has 2 N–H and O–H groups in total. The Kier molecular flexibility index (Phi) is 5.08. The zero-order valence-electron chi connectivity index (χ0n) is 18.9. The molecule has 1 saturated heterocycles. The SMILES string of the molecule is O=C(N[C@@H](CC1CC1)C(=O)N1CC2C(C1)C2C(=O)O)OCC1c2ccccc2-c2ccccc21. The van der Waals surface area contributed by atoms with Gasteiger partial charge in [0.25, 0.3) is 0 Å². The molecule has 0 bridgehead atoms. The fourth-order valence-electron chi connectivity index (χ4n) is 5.98. The van der Waals surface area contributed by atoms with Crippen LogP contribution in [0.5, 0.6) is 0 Å². The zero-order chi connectivity index (χ0) is 23.4. The second-order valence-electron chi connectivity index (χ2n) is 10.1. The van der Waals surface area contributed by atoms with Crippen LogP contribution in [-0.2, 0) is 14.3 Å². The summed E-state index contributed by atoms with van der Waals surface area (Å²) in [5, 5.41) is 12.1. The van der Waals surface area contributed by atoms with E-state index in [0.29, 0.717) is 25.4 Å². The number of piperidine rings is 1. The molecule has 1 aliphatic heterocycles. The van der Waals surface area contributed by atoms with E-state index in [1.165, 1.54) is 11.1 Å². The molecule has 7 nitrogen and oxygen atoms in total. The van der Waals surface area contributed by atoms with Gasteiger partial charge in [0, 0.05) is 19.0 Å². The molecule has 0 spiro atoms. The van der Waals surface area contributed by atoms with E-state index in [-0.39, 0.29) is 36.2 Å². The Balaban J connectivity index is 1.10. The summed E-state index contributed by atoms with van der Waals surface area (Å²) >= 11 is 0. The highest BCUT2D eigenvalue weighted by atomic mass is 16.5. The summed E-state index contributed by atoms with van der Waals surface area (Å²) in [6.45, 7) is 1.14. The number of rotatable bonds is 7. The first-order chi connectivity index (χ1) is 16.5. The maximum absolute atomic E-state index is 13.2. The predicted octanol–water partition coefficient (Wildman–Crippen LogP) is 3.48. The first kappa shape index (κ1) is 21.2. The highest BCUT2D eigenvalue weighted by Crippen LogP contribution is 2.52. The molecule has 2 aromatic carbocycles. The fourth-order valence-corrected chi connectivity index (χ4v) is 5.98. The molecule has 176 valence electrons. The summed E-state index contributed by atoms with van der Waals surface area (Å²) in [5.41, 5.74) is 4.63. The molecule has 2 aromatic rings. The summed E-state index contributed by atoms with van der Waals surface area (Å²) in [7, 11) is 0. The van der Waals surface area contributed by atoms with Gasteiger partial charge < -0.3 is 20.1 Å². The fraction of sp³-hybridized carbons (Fsp3) is 0.444. The largest absolute Gasteiger partial charge is 0.481 e. The molecule has 4 aliphatic rings. The van der Waals surface area contributed by atoms with Gasteiger partial charge in [-0.15, -0.1) is 0 Å². The molecule has 2 saturated carbocycles. The van der Waals surface area contributed by atoms with E-state index >= 15 is 0 Å². The molecule has 2 amide bonds. The number of nitrogens with one attached hydrogen (secondary N) is 1. The Bertz CT molecular complexity index is 1100. The van der Waals surface area contributed by atoms with Gasteiger partial charge in [-0.2, -0.15) is 0 Å². The van der Waals surface area contributed by atoms with Crippen LogP contribution in [0.2, 0.25) is 0 Å². The van der Waals surface area contributed by atoms with Crippen LogP contribution in [0.1, 0.15) is 36.3 Å². The third-order valence-electron chi connectivity index (χ3n) is 7.99. The van der Waals surface area contributed by atoms with Crippen LogP contribution in [0, 0.1) is 23.7 Å². The van der Waals surface area contributed by atoms with Crippen molar-refractivity contribution in [1.82, 2.24) is 10.2 Å². The molecule has 0 radical (unpaired) electrons. The normalized spacial score (nSPS) is 25.2. The number of fused-ring (bicyclic) bond motifs is 4. The van der Waals surface area contributed by atoms with Gasteiger partial charge in [-0.25, -0.2) is 4.79 Å². The van der Waals surface area contributed by atoms with E-state index in [0.717, 1.165) is 24.0 Å². The number of hydrogen-bond donors (Lipinski definition) is 2. The van der Waals surface area contributed by atoms with Gasteiger partial charge in [-0.05, 0) is 46.4 Å². The van der Waals surface area contributed by atoms with Gasteiger partial charge in [-0.1, -0.05) is 61.4 Å². The van der Waals surface area contributed by atoms with Crippen LogP contribution in [0.4, 0.5) is 4.79 Å². The van der Waals surface area contributed by atoms with Gasteiger partial charge in [0.05, 0.1) is 5.92 Å². The van der Waals surface area contributed by atoms with Crippen molar-refractivity contribution in [2.45, 2.75) is 31.2 Å². The number of carbonyl (C=O) groups is 3. The number of nitrogens with zero attached hydrogens (tertiary/aromatic N) is 1. The van der Waals surface area contributed by atoms with Gasteiger partial charge in [-0.3, -0.25) is 9.59 Å². The quantitative estimate of drug-likeness (QED) is 0.660. The molecular formula is C27H28N2O5. The Hall–Kier alpha value is -3.35. The lowest BCUT2D eigenvalue weighted by Gasteiger charge is -2.26. The van der Waals surface area contributed by atoms with Crippen LogP contribution in [0.25, 0.3) is 11.1 Å². The van der Waals surface area contributed by atoms with Gasteiger partial charge in [0.15, 0.2) is 0 Å². The van der Waals surface area contributed by atoms with Crippen molar-refractivity contribution in [3.8, 4) is 11.1 Å². The number of ether oxygens (including phenoxy) is 1. The molecule has 2 unspecified atom stereocenters. The highest BCUT2D eigenvalue weighted by Gasteiger charge is 2.61. The highest BCUT2D eigenvalue weighted by molar-refractivity contribution is 5.87. The van der Waals surface area contributed by atoms with E-state index < -0.39 is 18.1 Å². The van der Waals surface area contributed by atoms with Gasteiger partial charge in [0.1, 0.15) is 12.6 Å². The Morgan fingerprint density at radius 2 is 1.56 bits per heavy atom. The molecule has 0 aromatic heterocycles. The van der Waals surface area contributed by atoms with Crippen LogP contribution in [0.15, 0.2) is 48.5 Å². The predicted molar refractivity (Wildman–Crippen MR) is 124 cm³/mol. The lowest BCUT2D eigenvalue weighted by atomic mass is 9.98. The van der Waals surface area contributed by atoms with Crippen LogP contribution >= 0.6 is 0 Å². The minimum atomic E-state index is -0.770. The Morgan fingerprint density at radius 1 is 0.971 bits per heavy atom. The average molecular weight is 461 g/mol. The summed E-state index contributed by atoms with van der Waals surface area (Å²) in [5.74, 6) is -0.678. The minimum absolute atomic E-state index is 0.0330. The molecule has 3 atom stereocenters. The zero-order valence-corrected chi connectivity index (χ0v) is 18.9. The number of hydrogen-bond acceptors (Lipinski definition) is 4. The van der Waals surface area contributed by atoms with Crippen LogP contribution in [0.3, 0.4) is 0 Å². The topological polar surface area (TPSA) is 95.9 Å². The smallest absolute Gasteiger partial charge is 0.407 e. The van der Waals surface area contributed by atoms with Crippen molar-refractivity contribution in [1.29, 1.82) is 0 Å².